The van der Waals surface area contributed by atoms with Crippen LogP contribution in [0, 0.1) is 0 Å². The van der Waals surface area contributed by atoms with Crippen LogP contribution in [0.15, 0.2) is 48.8 Å². The summed E-state index contributed by atoms with van der Waals surface area (Å²) in [4.78, 5) is 6.55. The highest BCUT2D eigenvalue weighted by molar-refractivity contribution is 7.18. The number of nitrogens with zero attached hydrogens (tertiary/aromatic N) is 3. The van der Waals surface area contributed by atoms with Gasteiger partial charge in [0.1, 0.15) is 5.02 Å². The molecule has 142 valence electrons. The van der Waals surface area contributed by atoms with Crippen LogP contribution in [0.4, 0.5) is 14.5 Å². The Morgan fingerprint density at radius 3 is 2.52 bits per heavy atom. The van der Waals surface area contributed by atoms with Gasteiger partial charge in [0.15, 0.2) is 5.65 Å². The first-order valence-electron chi connectivity index (χ1n) is 9.03. The number of halogens is 3. The smallest absolute Gasteiger partial charge is 0.264 e. The first-order chi connectivity index (χ1) is 12.9. The molecule has 0 aliphatic carbocycles. The average molecular weight is 408 g/mol. The highest BCUT2D eigenvalue weighted by atomic mass is 35.5. The van der Waals surface area contributed by atoms with E-state index in [1.165, 1.54) is 11.8 Å². The first-order valence-corrected chi connectivity index (χ1v) is 9.99. The Hall–Kier alpha value is -1.71. The molecule has 2 aromatic heterocycles. The number of aromatic nitrogens is 2. The normalized spacial score (nSPS) is 16.2. The van der Waals surface area contributed by atoms with Gasteiger partial charge in [-0.05, 0) is 30.4 Å². The van der Waals surface area contributed by atoms with Crippen LogP contribution < -0.4 is 4.90 Å². The number of imidazole rings is 1. The van der Waals surface area contributed by atoms with Crippen LogP contribution in [-0.2, 0) is 6.42 Å². The third kappa shape index (κ3) is 3.95. The van der Waals surface area contributed by atoms with Crippen molar-refractivity contribution < 1.29 is 8.78 Å². The Morgan fingerprint density at radius 1 is 1.15 bits per heavy atom. The maximum Gasteiger partial charge on any atom is 0.264 e. The fourth-order valence-corrected chi connectivity index (χ4v) is 4.38. The van der Waals surface area contributed by atoms with E-state index in [0.29, 0.717) is 22.3 Å². The van der Waals surface area contributed by atoms with E-state index in [9.17, 15) is 8.78 Å². The SMILES string of the molecule is FC(F)(P)Cc1cnc2c(Cl)c(N3CCC(c4ccccc4)CC3)ccn12. The Morgan fingerprint density at radius 2 is 1.85 bits per heavy atom. The van der Waals surface area contributed by atoms with Crippen LogP contribution in [-0.4, -0.2) is 28.1 Å². The zero-order valence-electron chi connectivity index (χ0n) is 14.8. The third-order valence-electron chi connectivity index (χ3n) is 5.20. The van der Waals surface area contributed by atoms with Crippen LogP contribution in [0.5, 0.6) is 0 Å². The minimum absolute atomic E-state index is 0.392. The average Bonchev–Trinajstić information content (AvgIpc) is 3.05. The second kappa shape index (κ2) is 7.37. The summed E-state index contributed by atoms with van der Waals surface area (Å²) in [6.07, 6.45) is 5.00. The molecule has 0 saturated carbocycles. The predicted molar refractivity (Wildman–Crippen MR) is 109 cm³/mol. The maximum absolute atomic E-state index is 13.3. The van der Waals surface area contributed by atoms with Gasteiger partial charge in [-0.15, -0.1) is 0 Å². The summed E-state index contributed by atoms with van der Waals surface area (Å²) < 4.78 is 28.3. The van der Waals surface area contributed by atoms with E-state index >= 15 is 0 Å². The molecule has 1 aliphatic rings. The van der Waals surface area contributed by atoms with Crippen molar-refractivity contribution in [2.45, 2.75) is 30.8 Å². The van der Waals surface area contributed by atoms with E-state index in [1.54, 1.807) is 19.8 Å². The molecule has 1 atom stereocenters. The number of piperidine rings is 1. The molecule has 1 aliphatic heterocycles. The van der Waals surface area contributed by atoms with Gasteiger partial charge in [0.05, 0.1) is 12.1 Å². The summed E-state index contributed by atoms with van der Waals surface area (Å²) in [6, 6.07) is 12.5. The number of alkyl halides is 2. The van der Waals surface area contributed by atoms with Crippen molar-refractivity contribution >= 4 is 32.2 Å². The van der Waals surface area contributed by atoms with Gasteiger partial charge >= 0.3 is 0 Å². The van der Waals surface area contributed by atoms with Crippen LogP contribution in [0.3, 0.4) is 0 Å². The lowest BCUT2D eigenvalue weighted by atomic mass is 9.89. The molecule has 0 N–H and O–H groups in total. The van der Waals surface area contributed by atoms with Gasteiger partial charge in [-0.3, -0.25) is 0 Å². The molecule has 1 fully saturated rings. The third-order valence-corrected chi connectivity index (χ3v) is 5.77. The first kappa shape index (κ1) is 18.6. The zero-order valence-corrected chi connectivity index (χ0v) is 16.7. The van der Waals surface area contributed by atoms with Crippen molar-refractivity contribution in [2.24, 2.45) is 0 Å². The van der Waals surface area contributed by atoms with Gasteiger partial charge in [-0.25, -0.2) is 13.8 Å². The monoisotopic (exact) mass is 407 g/mol. The molecule has 0 bridgehead atoms. The van der Waals surface area contributed by atoms with Crippen molar-refractivity contribution in [3.05, 3.63) is 65.1 Å². The van der Waals surface area contributed by atoms with Crippen molar-refractivity contribution in [3.8, 4) is 0 Å². The van der Waals surface area contributed by atoms with Crippen LogP contribution in [0.25, 0.3) is 5.65 Å². The Kier molecular flexibility index (Phi) is 5.09. The molecular formula is C20H21ClF2N3P. The summed E-state index contributed by atoms with van der Waals surface area (Å²) >= 11 is 6.60. The highest BCUT2D eigenvalue weighted by Gasteiger charge is 2.26. The van der Waals surface area contributed by atoms with E-state index in [0.717, 1.165) is 31.6 Å². The topological polar surface area (TPSA) is 20.5 Å². The van der Waals surface area contributed by atoms with Gasteiger partial charge in [0.25, 0.3) is 5.66 Å². The molecule has 0 amide bonds. The lowest BCUT2D eigenvalue weighted by Gasteiger charge is -2.34. The number of benzene rings is 1. The fraction of sp³-hybridized carbons (Fsp3) is 0.350. The largest absolute Gasteiger partial charge is 0.370 e. The van der Waals surface area contributed by atoms with Crippen molar-refractivity contribution in [1.82, 2.24) is 9.38 Å². The molecular weight excluding hydrogens is 387 g/mol. The van der Waals surface area contributed by atoms with Crippen molar-refractivity contribution in [2.75, 3.05) is 18.0 Å². The van der Waals surface area contributed by atoms with Crippen LogP contribution in [0.1, 0.15) is 30.0 Å². The quantitative estimate of drug-likeness (QED) is 0.541. The summed E-state index contributed by atoms with van der Waals surface area (Å²) in [5.74, 6) is 0.562. The van der Waals surface area contributed by atoms with Crippen LogP contribution >= 0.6 is 20.8 Å². The second-order valence-electron chi connectivity index (χ2n) is 7.07. The summed E-state index contributed by atoms with van der Waals surface area (Å²) in [7, 11) is 1.57. The van der Waals surface area contributed by atoms with Gasteiger partial charge in [0.2, 0.25) is 0 Å². The number of hydrogen-bond donors (Lipinski definition) is 0. The lowest BCUT2D eigenvalue weighted by molar-refractivity contribution is 0.104. The summed E-state index contributed by atoms with van der Waals surface area (Å²) in [5, 5.41) is 0.522. The number of fused-ring (bicyclic) bond motifs is 1. The number of pyridine rings is 1. The van der Waals surface area contributed by atoms with E-state index in [-0.39, 0.29) is 0 Å². The molecule has 1 aromatic carbocycles. The molecule has 1 unspecified atom stereocenters. The molecule has 3 aromatic rings. The fourth-order valence-electron chi connectivity index (χ4n) is 3.85. The van der Waals surface area contributed by atoms with Gasteiger partial charge in [-0.2, -0.15) is 0 Å². The number of anilines is 1. The molecule has 3 heterocycles. The molecule has 3 nitrogen and oxygen atoms in total. The van der Waals surface area contributed by atoms with E-state index in [2.05, 4.69) is 34.1 Å². The van der Waals surface area contributed by atoms with Gasteiger partial charge in [0, 0.05) is 31.2 Å². The maximum atomic E-state index is 13.3. The molecule has 0 spiro atoms. The van der Waals surface area contributed by atoms with Gasteiger partial charge < -0.3 is 9.30 Å². The Balaban J connectivity index is 1.54. The zero-order chi connectivity index (χ0) is 19.0. The molecule has 1 saturated heterocycles. The number of hydrogen-bond acceptors (Lipinski definition) is 2. The predicted octanol–water partition coefficient (Wildman–Crippen LogP) is 5.38. The van der Waals surface area contributed by atoms with Crippen molar-refractivity contribution in [3.63, 3.8) is 0 Å². The van der Waals surface area contributed by atoms with Crippen LogP contribution in [0.2, 0.25) is 5.02 Å². The summed E-state index contributed by atoms with van der Waals surface area (Å²) in [5.41, 5.74) is 0.422. The van der Waals surface area contributed by atoms with Gasteiger partial charge in [-0.1, -0.05) is 51.2 Å². The highest BCUT2D eigenvalue weighted by Crippen LogP contribution is 2.36. The molecule has 27 heavy (non-hydrogen) atoms. The van der Waals surface area contributed by atoms with E-state index in [4.69, 9.17) is 11.6 Å². The Bertz CT molecular complexity index is 932. The van der Waals surface area contributed by atoms with E-state index in [1.807, 2.05) is 12.1 Å². The number of rotatable bonds is 4. The minimum atomic E-state index is -2.86. The summed E-state index contributed by atoms with van der Waals surface area (Å²) in [6.45, 7) is 1.82. The molecule has 7 heteroatoms. The van der Waals surface area contributed by atoms with Crippen molar-refractivity contribution in [1.29, 1.82) is 0 Å². The van der Waals surface area contributed by atoms with E-state index < -0.39 is 12.1 Å². The Labute approximate surface area is 164 Å². The standard InChI is InChI=1S/C20H21ClF2N3P/c21-18-17(8-11-26-16(12-20(22,23)27)13-24-19(18)26)25-9-6-15(7-10-25)14-4-2-1-3-5-14/h1-5,8,11,13,15H,6-7,9-10,12,27H2. The molecule has 4 rings (SSSR count). The second-order valence-corrected chi connectivity index (χ2v) is 8.29. The lowest BCUT2D eigenvalue weighted by Crippen LogP contribution is -2.33. The minimum Gasteiger partial charge on any atom is -0.370 e. The molecule has 0 radical (unpaired) electrons.